The van der Waals surface area contributed by atoms with Crippen LogP contribution in [0.3, 0.4) is 0 Å². The van der Waals surface area contributed by atoms with Crippen LogP contribution in [-0.4, -0.2) is 40.4 Å². The molecule has 0 spiro atoms. The number of hydrogen-bond acceptors (Lipinski definition) is 4. The SMILES string of the molecule is O=C(O)C1CCCN1C(=O)c1ccc(Br)cc1N[C@@]1(Cc2cccc(Cl)c2)C(=O)Nc2cc(Cl)ccc21. The average molecular weight is 603 g/mol. The number of carbonyl (C=O) groups is 3. The number of likely N-dealkylation sites (tertiary alicyclic amines) is 1. The van der Waals surface area contributed by atoms with Gasteiger partial charge in [0, 0.05) is 44.4 Å². The van der Waals surface area contributed by atoms with Gasteiger partial charge in [-0.2, -0.15) is 0 Å². The number of rotatable bonds is 6. The van der Waals surface area contributed by atoms with Gasteiger partial charge in [0.1, 0.15) is 11.6 Å². The van der Waals surface area contributed by atoms with Crippen LogP contribution in [0, 0.1) is 0 Å². The Hall–Kier alpha value is -3.07. The first-order valence-corrected chi connectivity index (χ1v) is 13.2. The van der Waals surface area contributed by atoms with E-state index in [0.717, 1.165) is 5.56 Å². The lowest BCUT2D eigenvalue weighted by Gasteiger charge is -2.32. The lowest BCUT2D eigenvalue weighted by atomic mass is 9.84. The molecule has 3 N–H and O–H groups in total. The van der Waals surface area contributed by atoms with Gasteiger partial charge in [0.25, 0.3) is 11.8 Å². The van der Waals surface area contributed by atoms with E-state index >= 15 is 0 Å². The minimum Gasteiger partial charge on any atom is -0.480 e. The van der Waals surface area contributed by atoms with Crippen molar-refractivity contribution < 1.29 is 19.5 Å². The fourth-order valence-electron chi connectivity index (χ4n) is 5.10. The maximum atomic E-state index is 13.7. The number of fused-ring (bicyclic) bond motifs is 1. The molecule has 0 aliphatic carbocycles. The highest BCUT2D eigenvalue weighted by molar-refractivity contribution is 9.10. The van der Waals surface area contributed by atoms with E-state index in [1.54, 1.807) is 48.5 Å². The van der Waals surface area contributed by atoms with E-state index in [2.05, 4.69) is 26.6 Å². The molecule has 1 saturated heterocycles. The molecule has 0 aromatic heterocycles. The van der Waals surface area contributed by atoms with Crippen molar-refractivity contribution in [3.63, 3.8) is 0 Å². The number of aliphatic carboxylic acids is 1. The van der Waals surface area contributed by atoms with Crippen molar-refractivity contribution in [3.05, 3.63) is 91.9 Å². The molecule has 37 heavy (non-hydrogen) atoms. The normalized spacial score (nSPS) is 20.5. The monoisotopic (exact) mass is 601 g/mol. The summed E-state index contributed by atoms with van der Waals surface area (Å²) in [5.41, 5.74) is 1.43. The zero-order valence-electron chi connectivity index (χ0n) is 19.4. The summed E-state index contributed by atoms with van der Waals surface area (Å²) in [5.74, 6) is -1.75. The summed E-state index contributed by atoms with van der Waals surface area (Å²) in [5, 5.41) is 16.9. The van der Waals surface area contributed by atoms with Gasteiger partial charge >= 0.3 is 5.97 Å². The minimum absolute atomic E-state index is 0.232. The number of anilines is 2. The highest BCUT2D eigenvalue weighted by atomic mass is 79.9. The minimum atomic E-state index is -1.29. The smallest absolute Gasteiger partial charge is 0.326 e. The quantitative estimate of drug-likeness (QED) is 0.324. The Morgan fingerprint density at radius 2 is 1.89 bits per heavy atom. The van der Waals surface area contributed by atoms with E-state index in [9.17, 15) is 19.5 Å². The van der Waals surface area contributed by atoms with Crippen LogP contribution >= 0.6 is 39.1 Å². The van der Waals surface area contributed by atoms with Gasteiger partial charge in [-0.3, -0.25) is 9.59 Å². The number of nitrogens with one attached hydrogen (secondary N) is 2. The molecule has 2 aliphatic heterocycles. The molecule has 2 aliphatic rings. The third-order valence-electron chi connectivity index (χ3n) is 6.79. The number of carboxylic acids is 1. The van der Waals surface area contributed by atoms with Gasteiger partial charge in [0.2, 0.25) is 0 Å². The van der Waals surface area contributed by atoms with Crippen LogP contribution in [0.1, 0.15) is 34.3 Å². The molecule has 3 aromatic rings. The maximum Gasteiger partial charge on any atom is 0.326 e. The van der Waals surface area contributed by atoms with E-state index < -0.39 is 23.5 Å². The van der Waals surface area contributed by atoms with E-state index in [0.29, 0.717) is 50.8 Å². The molecule has 0 bridgehead atoms. The van der Waals surface area contributed by atoms with Crippen molar-refractivity contribution in [1.29, 1.82) is 0 Å². The summed E-state index contributed by atoms with van der Waals surface area (Å²) in [6, 6.07) is 16.6. The van der Waals surface area contributed by atoms with Crippen molar-refractivity contribution in [2.45, 2.75) is 30.8 Å². The number of hydrogen-bond donors (Lipinski definition) is 3. The Morgan fingerprint density at radius 3 is 2.65 bits per heavy atom. The highest BCUT2D eigenvalue weighted by Crippen LogP contribution is 2.43. The number of nitrogens with zero attached hydrogens (tertiary/aromatic N) is 1. The van der Waals surface area contributed by atoms with Gasteiger partial charge in [0.15, 0.2) is 0 Å². The Morgan fingerprint density at radius 1 is 1.11 bits per heavy atom. The fraction of sp³-hybridized carbons (Fsp3) is 0.222. The summed E-state index contributed by atoms with van der Waals surface area (Å²) in [6.07, 6.45) is 1.24. The number of amides is 2. The second kappa shape index (κ2) is 10.0. The molecule has 2 amide bonds. The molecule has 190 valence electrons. The molecule has 0 saturated carbocycles. The van der Waals surface area contributed by atoms with Crippen molar-refractivity contribution >= 4 is 68.3 Å². The molecule has 7 nitrogen and oxygen atoms in total. The molecule has 1 fully saturated rings. The Labute approximate surface area is 231 Å². The van der Waals surface area contributed by atoms with Crippen LogP contribution in [0.25, 0.3) is 0 Å². The van der Waals surface area contributed by atoms with Crippen molar-refractivity contribution in [2.75, 3.05) is 17.2 Å². The summed E-state index contributed by atoms with van der Waals surface area (Å²) < 4.78 is 0.690. The summed E-state index contributed by atoms with van der Waals surface area (Å²) in [4.78, 5) is 40.4. The van der Waals surface area contributed by atoms with Crippen molar-refractivity contribution in [1.82, 2.24) is 4.90 Å². The fourth-order valence-corrected chi connectivity index (χ4v) is 5.84. The van der Waals surface area contributed by atoms with Crippen LogP contribution in [0.4, 0.5) is 11.4 Å². The third kappa shape index (κ3) is 4.81. The van der Waals surface area contributed by atoms with Gasteiger partial charge in [-0.05, 0) is 60.9 Å². The number of halogens is 3. The van der Waals surface area contributed by atoms with Crippen LogP contribution in [0.2, 0.25) is 10.0 Å². The Kier molecular flexibility index (Phi) is 6.91. The molecular formula is C27H22BrCl2N3O4. The standard InChI is InChI=1S/C27H22BrCl2N3O4/c28-16-6-8-19(24(34)33-10-2-5-23(33)25(35)36)21(12-16)32-27(14-15-3-1-4-17(29)11-15)20-9-7-18(30)13-22(20)31-26(27)37/h1,3-4,6-9,11-13,23,32H,2,5,10,14H2,(H,31,37)(H,35,36)/t23?,27-/m1/s1. The molecule has 3 aromatic carbocycles. The zero-order valence-corrected chi connectivity index (χ0v) is 22.5. The summed E-state index contributed by atoms with van der Waals surface area (Å²) in [7, 11) is 0. The van der Waals surface area contributed by atoms with Gasteiger partial charge < -0.3 is 20.6 Å². The average Bonchev–Trinajstić information content (AvgIpc) is 3.42. The predicted octanol–water partition coefficient (Wildman–Crippen LogP) is 5.95. The third-order valence-corrected chi connectivity index (χ3v) is 7.76. The predicted molar refractivity (Wildman–Crippen MR) is 146 cm³/mol. The number of benzene rings is 3. The first kappa shape index (κ1) is 25.6. The van der Waals surface area contributed by atoms with E-state index in [1.165, 1.54) is 4.90 Å². The van der Waals surface area contributed by atoms with Crippen molar-refractivity contribution in [3.8, 4) is 0 Å². The van der Waals surface area contributed by atoms with Crippen LogP contribution in [-0.2, 0) is 21.5 Å². The first-order valence-electron chi connectivity index (χ1n) is 11.7. The van der Waals surface area contributed by atoms with Crippen LogP contribution in [0.5, 0.6) is 0 Å². The van der Waals surface area contributed by atoms with Gasteiger partial charge in [0.05, 0.1) is 5.56 Å². The Balaban J connectivity index is 1.62. The topological polar surface area (TPSA) is 98.7 Å². The lowest BCUT2D eigenvalue weighted by Crippen LogP contribution is -2.45. The largest absolute Gasteiger partial charge is 0.480 e. The zero-order chi connectivity index (χ0) is 26.3. The molecule has 0 radical (unpaired) electrons. The van der Waals surface area contributed by atoms with Crippen LogP contribution in [0.15, 0.2) is 65.1 Å². The highest BCUT2D eigenvalue weighted by Gasteiger charge is 2.48. The molecule has 2 heterocycles. The summed E-state index contributed by atoms with van der Waals surface area (Å²) >= 11 is 15.9. The second-order valence-electron chi connectivity index (χ2n) is 9.17. The maximum absolute atomic E-state index is 13.7. The molecule has 5 rings (SSSR count). The molecule has 10 heteroatoms. The number of carboxylic acid groups (broad SMARTS) is 1. The molecular weight excluding hydrogens is 581 g/mol. The van der Waals surface area contributed by atoms with Gasteiger partial charge in [-0.1, -0.05) is 57.3 Å². The Bertz CT molecular complexity index is 1430. The van der Waals surface area contributed by atoms with Crippen molar-refractivity contribution in [2.24, 2.45) is 0 Å². The van der Waals surface area contributed by atoms with Gasteiger partial charge in [-0.15, -0.1) is 0 Å². The van der Waals surface area contributed by atoms with E-state index in [1.807, 2.05) is 12.1 Å². The van der Waals surface area contributed by atoms with Gasteiger partial charge in [-0.25, -0.2) is 4.79 Å². The molecule has 1 unspecified atom stereocenters. The van der Waals surface area contributed by atoms with E-state index in [4.69, 9.17) is 23.2 Å². The summed E-state index contributed by atoms with van der Waals surface area (Å²) in [6.45, 7) is 0.348. The molecule has 2 atom stereocenters. The first-order chi connectivity index (χ1) is 17.7. The second-order valence-corrected chi connectivity index (χ2v) is 11.0. The lowest BCUT2D eigenvalue weighted by molar-refractivity contribution is -0.141. The van der Waals surface area contributed by atoms with E-state index in [-0.39, 0.29) is 17.9 Å². The number of carbonyl (C=O) groups excluding carboxylic acids is 2. The van der Waals surface area contributed by atoms with Crippen LogP contribution < -0.4 is 10.6 Å².